The number of aromatic hydroxyl groups is 2. The first kappa shape index (κ1) is 24.6. The maximum atomic E-state index is 12.0. The largest absolute Gasteiger partial charge is 0.507 e. The van der Waals surface area contributed by atoms with Crippen LogP contribution in [0.3, 0.4) is 0 Å². The Labute approximate surface area is 188 Å². The summed E-state index contributed by atoms with van der Waals surface area (Å²) in [6, 6.07) is 13.7. The maximum absolute atomic E-state index is 12.0. The van der Waals surface area contributed by atoms with Crippen LogP contribution in [0.15, 0.2) is 58.7 Å². The Morgan fingerprint density at radius 3 is 1.44 bits per heavy atom. The monoisotopic (exact) mass is 438 g/mol. The fraction of sp³-hybridized carbons (Fsp3) is 0.333. The molecule has 0 atom stereocenters. The lowest BCUT2D eigenvalue weighted by atomic mass is 10.1. The van der Waals surface area contributed by atoms with Crippen molar-refractivity contribution >= 4 is 23.2 Å². The summed E-state index contributed by atoms with van der Waals surface area (Å²) in [6.07, 6.45) is 2.62. The van der Waals surface area contributed by atoms with Gasteiger partial charge in [0.25, 0.3) is 0 Å². The number of benzene rings is 2. The van der Waals surface area contributed by atoms with Crippen molar-refractivity contribution in [2.24, 2.45) is 10.2 Å². The van der Waals surface area contributed by atoms with Gasteiger partial charge >= 0.3 is 0 Å². The molecule has 0 aliphatic rings. The summed E-state index contributed by atoms with van der Waals surface area (Å²) >= 11 is 0. The SMILES string of the molecule is CC/C(=N\NC(=O)CCCCC(=O)N/N=C(\CC)c1ccccc1O)c1ccccc1O. The molecule has 0 aliphatic carbocycles. The molecular formula is C24H30N4O4. The zero-order chi connectivity index (χ0) is 23.3. The van der Waals surface area contributed by atoms with Crippen molar-refractivity contribution in [2.75, 3.05) is 0 Å². The second-order valence-electron chi connectivity index (χ2n) is 7.14. The van der Waals surface area contributed by atoms with Gasteiger partial charge in [0.1, 0.15) is 11.5 Å². The first-order chi connectivity index (χ1) is 15.5. The molecule has 0 heterocycles. The van der Waals surface area contributed by atoms with Crippen molar-refractivity contribution in [3.05, 3.63) is 59.7 Å². The lowest BCUT2D eigenvalue weighted by Gasteiger charge is -2.08. The van der Waals surface area contributed by atoms with Gasteiger partial charge in [-0.3, -0.25) is 9.59 Å². The molecule has 0 bridgehead atoms. The first-order valence-electron chi connectivity index (χ1n) is 10.7. The zero-order valence-electron chi connectivity index (χ0n) is 18.5. The van der Waals surface area contributed by atoms with Crippen LogP contribution < -0.4 is 10.9 Å². The molecule has 170 valence electrons. The van der Waals surface area contributed by atoms with E-state index in [2.05, 4.69) is 21.1 Å². The smallest absolute Gasteiger partial charge is 0.240 e. The minimum absolute atomic E-state index is 0.115. The maximum Gasteiger partial charge on any atom is 0.240 e. The molecular weight excluding hydrogens is 408 g/mol. The number of nitrogens with one attached hydrogen (secondary N) is 2. The Kier molecular flexibility index (Phi) is 9.90. The van der Waals surface area contributed by atoms with Crippen LogP contribution in [-0.2, 0) is 9.59 Å². The third kappa shape index (κ3) is 7.54. The molecule has 0 saturated carbocycles. The molecule has 4 N–H and O–H groups in total. The number of amides is 2. The van der Waals surface area contributed by atoms with Crippen LogP contribution in [0.1, 0.15) is 63.5 Å². The van der Waals surface area contributed by atoms with E-state index in [-0.39, 0.29) is 36.2 Å². The summed E-state index contributed by atoms with van der Waals surface area (Å²) in [5.41, 5.74) is 7.37. The van der Waals surface area contributed by atoms with Crippen LogP contribution in [-0.4, -0.2) is 33.5 Å². The van der Waals surface area contributed by atoms with Crippen LogP contribution >= 0.6 is 0 Å². The number of phenolic OH excluding ortho intramolecular Hbond substituents is 2. The van der Waals surface area contributed by atoms with Gasteiger partial charge in [0, 0.05) is 24.0 Å². The van der Waals surface area contributed by atoms with Gasteiger partial charge in [-0.1, -0.05) is 38.1 Å². The summed E-state index contributed by atoms with van der Waals surface area (Å²) < 4.78 is 0. The first-order valence-corrected chi connectivity index (χ1v) is 10.7. The van der Waals surface area contributed by atoms with Crippen LogP contribution in [0.2, 0.25) is 0 Å². The zero-order valence-corrected chi connectivity index (χ0v) is 18.5. The fourth-order valence-corrected chi connectivity index (χ4v) is 3.04. The summed E-state index contributed by atoms with van der Waals surface area (Å²) in [5, 5.41) is 28.1. The van der Waals surface area contributed by atoms with Crippen LogP contribution in [0.25, 0.3) is 0 Å². The summed E-state index contributed by atoms with van der Waals surface area (Å²) in [7, 11) is 0. The number of hydrogen-bond donors (Lipinski definition) is 4. The van der Waals surface area contributed by atoms with E-state index in [1.165, 1.54) is 0 Å². The quantitative estimate of drug-likeness (QED) is 0.242. The number of nitrogens with zero attached hydrogens (tertiary/aromatic N) is 2. The Morgan fingerprint density at radius 2 is 1.09 bits per heavy atom. The molecule has 0 aromatic heterocycles. The van der Waals surface area contributed by atoms with Crippen molar-refractivity contribution in [1.82, 2.24) is 10.9 Å². The molecule has 0 unspecified atom stereocenters. The summed E-state index contributed by atoms with van der Waals surface area (Å²) in [4.78, 5) is 24.1. The predicted molar refractivity (Wildman–Crippen MR) is 125 cm³/mol. The van der Waals surface area contributed by atoms with Crippen LogP contribution in [0.4, 0.5) is 0 Å². The van der Waals surface area contributed by atoms with E-state index in [1.54, 1.807) is 48.5 Å². The Bertz CT molecular complexity index is 906. The fourth-order valence-electron chi connectivity index (χ4n) is 3.04. The molecule has 0 radical (unpaired) electrons. The van der Waals surface area contributed by atoms with E-state index < -0.39 is 0 Å². The molecule has 0 aliphatic heterocycles. The Morgan fingerprint density at radius 1 is 0.719 bits per heavy atom. The normalized spacial score (nSPS) is 11.8. The van der Waals surface area contributed by atoms with Gasteiger partial charge in [0.15, 0.2) is 0 Å². The van der Waals surface area contributed by atoms with Gasteiger partial charge in [0.2, 0.25) is 11.8 Å². The molecule has 32 heavy (non-hydrogen) atoms. The van der Waals surface area contributed by atoms with E-state index in [9.17, 15) is 19.8 Å². The molecule has 8 nitrogen and oxygen atoms in total. The van der Waals surface area contributed by atoms with Crippen molar-refractivity contribution in [3.63, 3.8) is 0 Å². The average molecular weight is 439 g/mol. The van der Waals surface area contributed by atoms with Gasteiger partial charge in [0.05, 0.1) is 11.4 Å². The second kappa shape index (κ2) is 12.9. The number of hydrogen-bond acceptors (Lipinski definition) is 6. The van der Waals surface area contributed by atoms with Crippen molar-refractivity contribution in [2.45, 2.75) is 52.4 Å². The van der Waals surface area contributed by atoms with E-state index in [1.807, 2.05) is 13.8 Å². The summed E-state index contributed by atoms with van der Waals surface area (Å²) in [5.74, 6) is -0.273. The van der Waals surface area contributed by atoms with Crippen molar-refractivity contribution in [3.8, 4) is 11.5 Å². The standard InChI is InChI=1S/C24H30N4O4/c1-3-19(17-11-5-7-13-21(17)29)25-27-23(31)15-9-10-16-24(32)28-26-20(4-2)18-12-6-8-14-22(18)30/h5-8,11-14,29-30H,3-4,9-10,15-16H2,1-2H3,(H,27,31)(H,28,32)/b25-19+,26-20+. The molecule has 0 spiro atoms. The highest BCUT2D eigenvalue weighted by Crippen LogP contribution is 2.18. The van der Waals surface area contributed by atoms with Gasteiger partial charge < -0.3 is 10.2 Å². The van der Waals surface area contributed by atoms with Crippen molar-refractivity contribution < 1.29 is 19.8 Å². The predicted octanol–water partition coefficient (Wildman–Crippen LogP) is 3.82. The number of hydrazone groups is 2. The highest BCUT2D eigenvalue weighted by Gasteiger charge is 2.09. The second-order valence-corrected chi connectivity index (χ2v) is 7.14. The Hall–Kier alpha value is -3.68. The minimum Gasteiger partial charge on any atom is -0.507 e. The number of phenols is 2. The highest BCUT2D eigenvalue weighted by molar-refractivity contribution is 6.03. The molecule has 0 saturated heterocycles. The number of carbonyl (C=O) groups is 2. The number of unbranched alkanes of at least 4 members (excludes halogenated alkanes) is 1. The molecule has 2 aromatic carbocycles. The van der Waals surface area contributed by atoms with Gasteiger partial charge in [-0.25, -0.2) is 10.9 Å². The number of carbonyl (C=O) groups excluding carboxylic acids is 2. The van der Waals surface area contributed by atoms with Gasteiger partial charge in [-0.2, -0.15) is 10.2 Å². The van der Waals surface area contributed by atoms with E-state index >= 15 is 0 Å². The topological polar surface area (TPSA) is 123 Å². The van der Waals surface area contributed by atoms with Gasteiger partial charge in [-0.05, 0) is 49.9 Å². The molecule has 2 amide bonds. The number of para-hydroxylation sites is 2. The third-order valence-corrected chi connectivity index (χ3v) is 4.79. The third-order valence-electron chi connectivity index (χ3n) is 4.79. The molecule has 8 heteroatoms. The summed E-state index contributed by atoms with van der Waals surface area (Å²) in [6.45, 7) is 3.78. The highest BCUT2D eigenvalue weighted by atomic mass is 16.3. The van der Waals surface area contributed by atoms with Crippen LogP contribution in [0, 0.1) is 0 Å². The minimum atomic E-state index is -0.252. The van der Waals surface area contributed by atoms with Crippen LogP contribution in [0.5, 0.6) is 11.5 Å². The molecule has 0 fully saturated rings. The lowest BCUT2D eigenvalue weighted by Crippen LogP contribution is -2.21. The van der Waals surface area contributed by atoms with Gasteiger partial charge in [-0.15, -0.1) is 0 Å². The van der Waals surface area contributed by atoms with E-state index in [4.69, 9.17) is 0 Å². The lowest BCUT2D eigenvalue weighted by molar-refractivity contribution is -0.123. The molecule has 2 aromatic rings. The van der Waals surface area contributed by atoms with E-state index in [0.29, 0.717) is 48.2 Å². The Balaban J connectivity index is 1.75. The van der Waals surface area contributed by atoms with E-state index in [0.717, 1.165) is 0 Å². The van der Waals surface area contributed by atoms with Crippen molar-refractivity contribution in [1.29, 1.82) is 0 Å². The average Bonchev–Trinajstić information content (AvgIpc) is 2.79. The number of rotatable bonds is 11. The molecule has 2 rings (SSSR count).